The van der Waals surface area contributed by atoms with Crippen LogP contribution in [0.1, 0.15) is 36.0 Å². The number of methoxy groups -OCH3 is 1. The van der Waals surface area contributed by atoms with Crippen molar-refractivity contribution in [1.29, 1.82) is 0 Å². The van der Waals surface area contributed by atoms with Gasteiger partial charge in [-0.1, -0.05) is 42.5 Å². The highest BCUT2D eigenvalue weighted by molar-refractivity contribution is 6.01. The van der Waals surface area contributed by atoms with Crippen molar-refractivity contribution in [2.45, 2.75) is 44.5 Å². The van der Waals surface area contributed by atoms with Crippen LogP contribution < -0.4 is 15.0 Å². The average Bonchev–Trinajstić information content (AvgIpc) is 3.28. The number of esters is 1. The maximum atomic E-state index is 14.3. The lowest BCUT2D eigenvalue weighted by Crippen LogP contribution is -2.50. The van der Waals surface area contributed by atoms with Gasteiger partial charge < -0.3 is 24.6 Å². The second-order valence-corrected chi connectivity index (χ2v) is 10.4. The first-order valence-electron chi connectivity index (χ1n) is 13.5. The second kappa shape index (κ2) is 11.8. The van der Waals surface area contributed by atoms with Gasteiger partial charge in [0.15, 0.2) is 0 Å². The molecule has 2 heterocycles. The number of hydrogen-bond donors (Lipinski definition) is 1. The van der Waals surface area contributed by atoms with E-state index in [-0.39, 0.29) is 18.7 Å². The fourth-order valence-corrected chi connectivity index (χ4v) is 5.63. The molecule has 1 saturated heterocycles. The van der Waals surface area contributed by atoms with Crippen molar-refractivity contribution in [3.05, 3.63) is 101 Å². The molecular formula is C32H34FN3O4. The molecule has 2 amide bonds. The lowest BCUT2D eigenvalue weighted by Gasteiger charge is -2.37. The number of rotatable bonds is 8. The Hall–Kier alpha value is -4.33. The Balaban J connectivity index is 1.41. The molecule has 0 spiro atoms. The van der Waals surface area contributed by atoms with E-state index in [0.717, 1.165) is 28.8 Å². The average molecular weight is 544 g/mol. The van der Waals surface area contributed by atoms with Crippen molar-refractivity contribution in [2.24, 2.45) is 0 Å². The van der Waals surface area contributed by atoms with Crippen LogP contribution in [0.4, 0.5) is 14.9 Å². The zero-order valence-electron chi connectivity index (χ0n) is 23.0. The van der Waals surface area contributed by atoms with Crippen LogP contribution in [-0.4, -0.2) is 50.2 Å². The molecule has 2 bridgehead atoms. The third-order valence-electron chi connectivity index (χ3n) is 7.64. The van der Waals surface area contributed by atoms with Crippen molar-refractivity contribution < 1.29 is 23.5 Å². The van der Waals surface area contributed by atoms with E-state index >= 15 is 0 Å². The first kappa shape index (κ1) is 27.2. The van der Waals surface area contributed by atoms with E-state index < -0.39 is 17.8 Å². The highest BCUT2D eigenvalue weighted by Crippen LogP contribution is 2.45. The number of halogens is 1. The Morgan fingerprint density at radius 3 is 2.45 bits per heavy atom. The Morgan fingerprint density at radius 2 is 1.75 bits per heavy atom. The molecule has 0 saturated carbocycles. The lowest BCUT2D eigenvalue weighted by molar-refractivity contribution is -0.136. The molecule has 3 aromatic rings. The van der Waals surface area contributed by atoms with Crippen molar-refractivity contribution in [1.82, 2.24) is 10.2 Å². The zero-order valence-corrected chi connectivity index (χ0v) is 23.0. The van der Waals surface area contributed by atoms with Crippen LogP contribution in [-0.2, 0) is 22.7 Å². The number of nitrogens with zero attached hydrogens (tertiary/aromatic N) is 2. The summed E-state index contributed by atoms with van der Waals surface area (Å²) < 4.78 is 25.6. The maximum absolute atomic E-state index is 14.3. The van der Waals surface area contributed by atoms with Gasteiger partial charge in [-0.15, -0.1) is 0 Å². The molecule has 0 aromatic heterocycles. The molecule has 2 atom stereocenters. The summed E-state index contributed by atoms with van der Waals surface area (Å²) in [5, 5.41) is 3.03. The molecule has 0 unspecified atom stereocenters. The molecule has 1 N–H and O–H groups in total. The summed E-state index contributed by atoms with van der Waals surface area (Å²) >= 11 is 0. The standard InChI is InChI=1S/C32H34FN3O4/c1-35(2)24-12-9-21(10-13-24)19-34-32(38)36-25-14-16-28(36)30(31(37)39-3)27(18-25)26-15-11-23(33)17-29(26)40-20-22-7-5-4-6-8-22/h4-13,15,17,25,28H,14,16,18-20H2,1-3H3,(H,34,38)/t25-,28+/m0/s1. The van der Waals surface area contributed by atoms with E-state index in [1.165, 1.54) is 19.2 Å². The SMILES string of the molecule is COC(=O)C1=C(c2ccc(F)cc2OCc2ccccc2)C[C@@H]2CC[C@H]1N2C(=O)NCc1ccc(N(C)C)cc1. The van der Waals surface area contributed by atoms with Gasteiger partial charge in [0.1, 0.15) is 18.2 Å². The van der Waals surface area contributed by atoms with Gasteiger partial charge in [-0.05, 0) is 60.2 Å². The minimum absolute atomic E-state index is 0.100. The molecule has 7 nitrogen and oxygen atoms in total. The van der Waals surface area contributed by atoms with E-state index in [0.29, 0.717) is 36.3 Å². The largest absolute Gasteiger partial charge is 0.488 e. The number of anilines is 1. The van der Waals surface area contributed by atoms with Gasteiger partial charge in [0.05, 0.1) is 18.7 Å². The van der Waals surface area contributed by atoms with E-state index in [1.54, 1.807) is 11.0 Å². The monoisotopic (exact) mass is 543 g/mol. The summed E-state index contributed by atoms with van der Waals surface area (Å²) in [7, 11) is 5.30. The summed E-state index contributed by atoms with van der Waals surface area (Å²) in [4.78, 5) is 30.4. The highest BCUT2D eigenvalue weighted by Gasteiger charge is 2.47. The summed E-state index contributed by atoms with van der Waals surface area (Å²) in [6, 6.07) is 21.2. The van der Waals surface area contributed by atoms with Crippen LogP contribution in [0.2, 0.25) is 0 Å². The first-order valence-corrected chi connectivity index (χ1v) is 13.5. The predicted octanol–water partition coefficient (Wildman–Crippen LogP) is 5.54. The number of ether oxygens (including phenoxy) is 2. The van der Waals surface area contributed by atoms with E-state index in [9.17, 15) is 14.0 Å². The second-order valence-electron chi connectivity index (χ2n) is 10.4. The molecule has 0 radical (unpaired) electrons. The van der Waals surface area contributed by atoms with Crippen LogP contribution in [0.15, 0.2) is 78.4 Å². The first-order chi connectivity index (χ1) is 19.4. The van der Waals surface area contributed by atoms with E-state index in [1.807, 2.05) is 73.6 Å². The van der Waals surface area contributed by atoms with Crippen LogP contribution in [0, 0.1) is 5.82 Å². The molecule has 3 aromatic carbocycles. The quantitative estimate of drug-likeness (QED) is 0.378. The molecular weight excluding hydrogens is 509 g/mol. The lowest BCUT2D eigenvalue weighted by atomic mass is 9.88. The van der Waals surface area contributed by atoms with Crippen molar-refractivity contribution in [2.75, 3.05) is 26.1 Å². The Kier molecular flexibility index (Phi) is 8.05. The van der Waals surface area contributed by atoms with Gasteiger partial charge in [0.25, 0.3) is 0 Å². The molecule has 0 aliphatic carbocycles. The molecule has 2 aliphatic heterocycles. The molecule has 1 fully saturated rings. The summed E-state index contributed by atoms with van der Waals surface area (Å²) in [6.45, 7) is 0.636. The van der Waals surface area contributed by atoms with Crippen LogP contribution in [0.5, 0.6) is 5.75 Å². The number of benzene rings is 3. The van der Waals surface area contributed by atoms with Gasteiger partial charge >= 0.3 is 12.0 Å². The predicted molar refractivity (Wildman–Crippen MR) is 152 cm³/mol. The third kappa shape index (κ3) is 5.66. The van der Waals surface area contributed by atoms with Crippen molar-refractivity contribution >= 4 is 23.3 Å². The van der Waals surface area contributed by atoms with Crippen LogP contribution in [0.25, 0.3) is 5.57 Å². The third-order valence-corrected chi connectivity index (χ3v) is 7.64. The molecule has 208 valence electrons. The van der Waals surface area contributed by atoms with Crippen LogP contribution >= 0.6 is 0 Å². The molecule has 2 aliphatic rings. The number of hydrogen-bond acceptors (Lipinski definition) is 5. The normalized spacial score (nSPS) is 17.9. The van der Waals surface area contributed by atoms with Gasteiger partial charge in [-0.25, -0.2) is 14.0 Å². The molecule has 5 rings (SSSR count). The van der Waals surface area contributed by atoms with Gasteiger partial charge in [0.2, 0.25) is 0 Å². The molecule has 40 heavy (non-hydrogen) atoms. The number of fused-ring (bicyclic) bond motifs is 2. The number of urea groups is 1. The number of carbonyl (C=O) groups excluding carboxylic acids is 2. The van der Waals surface area contributed by atoms with Crippen molar-refractivity contribution in [3.63, 3.8) is 0 Å². The topological polar surface area (TPSA) is 71.1 Å². The minimum atomic E-state index is -0.490. The Bertz CT molecular complexity index is 1410. The van der Waals surface area contributed by atoms with E-state index in [4.69, 9.17) is 9.47 Å². The number of nitrogens with one attached hydrogen (secondary N) is 1. The van der Waals surface area contributed by atoms with E-state index in [2.05, 4.69) is 5.32 Å². The Labute approximate surface area is 234 Å². The van der Waals surface area contributed by atoms with Gasteiger partial charge in [-0.2, -0.15) is 0 Å². The zero-order chi connectivity index (χ0) is 28.2. The summed E-state index contributed by atoms with van der Waals surface area (Å²) in [5.74, 6) is -0.556. The van der Waals surface area contributed by atoms with Gasteiger partial charge in [-0.3, -0.25) is 0 Å². The smallest absolute Gasteiger partial charge is 0.336 e. The van der Waals surface area contributed by atoms with Crippen molar-refractivity contribution in [3.8, 4) is 5.75 Å². The number of carbonyl (C=O) groups is 2. The molecule has 8 heteroatoms. The fourth-order valence-electron chi connectivity index (χ4n) is 5.63. The summed E-state index contributed by atoms with van der Waals surface area (Å²) in [6.07, 6.45) is 1.84. The fraction of sp³-hybridized carbons (Fsp3) is 0.312. The minimum Gasteiger partial charge on any atom is -0.488 e. The van der Waals surface area contributed by atoms with Crippen LogP contribution in [0.3, 0.4) is 0 Å². The highest BCUT2D eigenvalue weighted by atomic mass is 19.1. The Morgan fingerprint density at radius 1 is 1.00 bits per heavy atom. The number of amides is 2. The van der Waals surface area contributed by atoms with Gasteiger partial charge in [0, 0.05) is 44.0 Å². The summed E-state index contributed by atoms with van der Waals surface area (Å²) in [5.41, 5.74) is 4.83. The maximum Gasteiger partial charge on any atom is 0.336 e.